The highest BCUT2D eigenvalue weighted by molar-refractivity contribution is 6.17. The normalized spacial score (nSPS) is 15.4. The summed E-state index contributed by atoms with van der Waals surface area (Å²) in [5.41, 5.74) is 18.6. The van der Waals surface area contributed by atoms with Crippen molar-refractivity contribution in [2.45, 2.75) is 11.6 Å². The molecule has 58 heavy (non-hydrogen) atoms. The Bertz CT molecular complexity index is 3060. The largest absolute Gasteiger partial charge is 0.360 e. The highest BCUT2D eigenvalue weighted by atomic mass is 15.2. The van der Waals surface area contributed by atoms with Crippen molar-refractivity contribution in [1.29, 1.82) is 0 Å². The fourth-order valence-corrected chi connectivity index (χ4v) is 10.0. The zero-order valence-electron chi connectivity index (χ0n) is 31.7. The number of hydrogen-bond acceptors (Lipinski definition) is 3. The molecular formula is C55H37N3. The zero-order valence-corrected chi connectivity index (χ0v) is 31.7. The Kier molecular flexibility index (Phi) is 7.21. The van der Waals surface area contributed by atoms with Gasteiger partial charge in [-0.1, -0.05) is 164 Å². The molecule has 1 spiro atoms. The smallest absolute Gasteiger partial charge is 0.145 e. The van der Waals surface area contributed by atoms with Crippen molar-refractivity contribution >= 4 is 39.2 Å². The van der Waals surface area contributed by atoms with Crippen LogP contribution in [0.4, 0.5) is 22.7 Å². The van der Waals surface area contributed by atoms with Gasteiger partial charge < -0.3 is 10.2 Å². The lowest BCUT2D eigenvalue weighted by molar-refractivity contribution is 0.754. The Hall–Kier alpha value is -7.49. The summed E-state index contributed by atoms with van der Waals surface area (Å²) in [6.07, 6.45) is -0.245. The molecular weight excluding hydrogens is 703 g/mol. The maximum absolute atomic E-state index is 5.39. The van der Waals surface area contributed by atoms with E-state index in [1.165, 1.54) is 66.7 Å². The molecule has 3 nitrogen and oxygen atoms in total. The summed E-state index contributed by atoms with van der Waals surface area (Å²) in [5.74, 6) is 0. The van der Waals surface area contributed by atoms with E-state index in [1.807, 2.05) is 0 Å². The summed E-state index contributed by atoms with van der Waals surface area (Å²) in [4.78, 5) is 7.84. The first-order valence-electron chi connectivity index (χ1n) is 20.1. The molecule has 3 aliphatic rings. The van der Waals surface area contributed by atoms with Gasteiger partial charge in [-0.05, 0) is 109 Å². The number of para-hydroxylation sites is 4. The molecule has 0 bridgehead atoms. The van der Waals surface area contributed by atoms with Gasteiger partial charge in [-0.2, -0.15) is 0 Å². The second kappa shape index (κ2) is 12.8. The number of anilines is 4. The van der Waals surface area contributed by atoms with Gasteiger partial charge in [0, 0.05) is 22.5 Å². The summed E-state index contributed by atoms with van der Waals surface area (Å²) in [6, 6.07) is 77.6. The van der Waals surface area contributed by atoms with Crippen molar-refractivity contribution in [2.75, 3.05) is 10.2 Å². The van der Waals surface area contributed by atoms with Crippen LogP contribution in [0.25, 0.3) is 33.0 Å². The lowest BCUT2D eigenvalue weighted by Crippen LogP contribution is -2.36. The van der Waals surface area contributed by atoms with Crippen LogP contribution in [0.1, 0.15) is 45.1 Å². The monoisotopic (exact) mass is 739 g/mol. The van der Waals surface area contributed by atoms with Crippen LogP contribution in [0.5, 0.6) is 0 Å². The third kappa shape index (κ3) is 4.71. The highest BCUT2D eigenvalue weighted by Crippen LogP contribution is 2.65. The molecule has 1 atom stereocenters. The van der Waals surface area contributed by atoms with Crippen molar-refractivity contribution in [3.05, 3.63) is 251 Å². The van der Waals surface area contributed by atoms with Gasteiger partial charge in [-0.15, -0.1) is 0 Å². The average Bonchev–Trinajstić information content (AvgIpc) is 3.58. The highest BCUT2D eigenvalue weighted by Gasteiger charge is 2.52. The fraction of sp³-hybridized carbons (Fsp3) is 0.0364. The van der Waals surface area contributed by atoms with Crippen LogP contribution in [0.2, 0.25) is 0 Å². The van der Waals surface area contributed by atoms with Crippen LogP contribution in [-0.2, 0) is 5.41 Å². The number of aliphatic imine (C=N–C) groups is 1. The van der Waals surface area contributed by atoms with Crippen molar-refractivity contribution in [3.63, 3.8) is 0 Å². The van der Waals surface area contributed by atoms with E-state index in [0.29, 0.717) is 0 Å². The summed E-state index contributed by atoms with van der Waals surface area (Å²) in [5, 5.41) is 6.26. The van der Waals surface area contributed by atoms with Gasteiger partial charge in [-0.25, -0.2) is 0 Å². The van der Waals surface area contributed by atoms with Gasteiger partial charge in [0.05, 0.1) is 22.5 Å². The van der Waals surface area contributed by atoms with Crippen LogP contribution >= 0.6 is 0 Å². The molecule has 9 aromatic carbocycles. The Morgan fingerprint density at radius 2 is 1.02 bits per heavy atom. The van der Waals surface area contributed by atoms with E-state index in [-0.39, 0.29) is 6.17 Å². The number of benzene rings is 9. The molecule has 2 heterocycles. The van der Waals surface area contributed by atoms with Crippen LogP contribution < -0.4 is 10.2 Å². The Labute approximate surface area is 338 Å². The van der Waals surface area contributed by atoms with Gasteiger partial charge in [-0.3, -0.25) is 4.99 Å². The minimum absolute atomic E-state index is 0.245. The Balaban J connectivity index is 1.10. The predicted molar refractivity (Wildman–Crippen MR) is 240 cm³/mol. The van der Waals surface area contributed by atoms with Crippen LogP contribution in [-0.4, -0.2) is 5.71 Å². The van der Waals surface area contributed by atoms with E-state index >= 15 is 0 Å². The molecule has 3 heteroatoms. The third-order valence-electron chi connectivity index (χ3n) is 12.4. The Morgan fingerprint density at radius 3 is 1.79 bits per heavy atom. The van der Waals surface area contributed by atoms with Crippen molar-refractivity contribution in [3.8, 4) is 22.3 Å². The van der Waals surface area contributed by atoms with Crippen molar-refractivity contribution in [1.82, 2.24) is 0 Å². The molecule has 0 saturated heterocycles. The zero-order chi connectivity index (χ0) is 38.2. The molecule has 0 amide bonds. The summed E-state index contributed by atoms with van der Waals surface area (Å²) < 4.78 is 0. The standard InChI is InChI=1S/C55H37N3/c1-3-17-36(18-4-1)53-43-25-9-12-30-49(43)56-54(57-53)40-22-15-21-39(33-40)42-26-16-29-47-52(42)44-34-37-19-7-8-20-38(37)35-48(44)55(47)45-27-10-13-31-50(45)58(41-23-5-2-6-24-41)51-32-14-11-28-46(51)55/h1-35,54,56H. The maximum Gasteiger partial charge on any atom is 0.145 e. The second-order valence-corrected chi connectivity index (χ2v) is 15.5. The molecule has 12 rings (SSSR count). The molecule has 1 unspecified atom stereocenters. The molecule has 0 saturated carbocycles. The summed E-state index contributed by atoms with van der Waals surface area (Å²) in [7, 11) is 0. The third-order valence-corrected chi connectivity index (χ3v) is 12.4. The molecule has 0 fully saturated rings. The molecule has 272 valence electrons. The molecule has 1 N–H and O–H groups in total. The number of fused-ring (bicyclic) bond motifs is 11. The average molecular weight is 740 g/mol. The molecule has 0 aromatic heterocycles. The lowest BCUT2D eigenvalue weighted by atomic mass is 9.64. The van der Waals surface area contributed by atoms with Gasteiger partial charge >= 0.3 is 0 Å². The second-order valence-electron chi connectivity index (χ2n) is 15.5. The summed E-state index contributed by atoms with van der Waals surface area (Å²) in [6.45, 7) is 0. The van der Waals surface area contributed by atoms with Gasteiger partial charge in [0.15, 0.2) is 0 Å². The van der Waals surface area contributed by atoms with Gasteiger partial charge in [0.2, 0.25) is 0 Å². The Morgan fingerprint density at radius 1 is 0.431 bits per heavy atom. The van der Waals surface area contributed by atoms with E-state index in [1.54, 1.807) is 0 Å². The van der Waals surface area contributed by atoms with Crippen LogP contribution in [0, 0.1) is 0 Å². The first-order valence-corrected chi connectivity index (χ1v) is 20.1. The van der Waals surface area contributed by atoms with Crippen LogP contribution in [0.3, 0.4) is 0 Å². The molecule has 0 radical (unpaired) electrons. The summed E-state index contributed by atoms with van der Waals surface area (Å²) >= 11 is 0. The van der Waals surface area contributed by atoms with Crippen molar-refractivity contribution < 1.29 is 0 Å². The number of nitrogens with zero attached hydrogens (tertiary/aromatic N) is 2. The lowest BCUT2D eigenvalue weighted by Gasteiger charge is -2.45. The number of nitrogens with one attached hydrogen (secondary N) is 1. The van der Waals surface area contributed by atoms with Gasteiger partial charge in [0.1, 0.15) is 6.17 Å². The SMILES string of the molecule is c1ccc(C2=NC(c3cccc(-c4cccc5c4-c4cc6ccccc6cc4C54c5ccccc5N(c5ccccc5)c5ccccc54)c3)Nc3ccccc32)cc1. The topological polar surface area (TPSA) is 27.6 Å². The molecule has 9 aromatic rings. The van der Waals surface area contributed by atoms with E-state index in [4.69, 9.17) is 4.99 Å². The number of rotatable bonds is 4. The molecule has 1 aliphatic carbocycles. The minimum Gasteiger partial charge on any atom is -0.360 e. The van der Waals surface area contributed by atoms with E-state index < -0.39 is 5.41 Å². The fourth-order valence-electron chi connectivity index (χ4n) is 10.0. The minimum atomic E-state index is -0.551. The predicted octanol–water partition coefficient (Wildman–Crippen LogP) is 13.6. The van der Waals surface area contributed by atoms with Gasteiger partial charge in [0.25, 0.3) is 0 Å². The first kappa shape index (κ1) is 32.7. The van der Waals surface area contributed by atoms with Crippen molar-refractivity contribution in [2.24, 2.45) is 4.99 Å². The number of hydrogen-bond donors (Lipinski definition) is 1. The first-order chi connectivity index (χ1) is 28.8. The van der Waals surface area contributed by atoms with E-state index in [2.05, 4.69) is 223 Å². The molecule has 2 aliphatic heterocycles. The quantitative estimate of drug-likeness (QED) is 0.195. The van der Waals surface area contributed by atoms with E-state index in [0.717, 1.165) is 33.8 Å². The maximum atomic E-state index is 5.39. The van der Waals surface area contributed by atoms with Crippen LogP contribution in [0.15, 0.2) is 217 Å². The van der Waals surface area contributed by atoms with E-state index in [9.17, 15) is 0 Å².